The average Bonchev–Trinajstić information content (AvgIpc) is 2.76. The van der Waals surface area contributed by atoms with Crippen molar-refractivity contribution in [3.8, 4) is 5.75 Å². The molecule has 0 saturated heterocycles. The standard InChI is InChI=1S/C24H38N4O6S/c1-13(2)9-17(25)21(30)26-18(10-14(3)4)22(31)27-19(11-15-5-7-16(29)8-6-15)23(32)28-20(12-35)24(33)34/h5-8,13-14,17-20,29,35H,9-12,25H2,1-4H3,(H,26,30)(H,27,31)(H,28,32)(H,33,34). The van der Waals surface area contributed by atoms with E-state index in [1.807, 2.05) is 27.7 Å². The molecule has 7 N–H and O–H groups in total. The minimum absolute atomic E-state index is 0.0337. The highest BCUT2D eigenvalue weighted by Gasteiger charge is 2.30. The summed E-state index contributed by atoms with van der Waals surface area (Å²) in [6.07, 6.45) is 0.800. The third kappa shape index (κ3) is 11.0. The molecule has 1 aromatic rings. The van der Waals surface area contributed by atoms with Gasteiger partial charge in [0.2, 0.25) is 17.7 Å². The molecular formula is C24H38N4O6S. The van der Waals surface area contributed by atoms with Crippen molar-refractivity contribution < 1.29 is 29.4 Å². The van der Waals surface area contributed by atoms with Gasteiger partial charge in [0.1, 0.15) is 23.9 Å². The number of hydrogen-bond donors (Lipinski definition) is 7. The van der Waals surface area contributed by atoms with Crippen LogP contribution in [0.1, 0.15) is 46.1 Å². The van der Waals surface area contributed by atoms with Gasteiger partial charge in [-0.05, 0) is 42.4 Å². The van der Waals surface area contributed by atoms with Crippen molar-refractivity contribution in [3.63, 3.8) is 0 Å². The van der Waals surface area contributed by atoms with Gasteiger partial charge in [-0.3, -0.25) is 14.4 Å². The van der Waals surface area contributed by atoms with E-state index in [4.69, 9.17) is 5.73 Å². The first-order valence-electron chi connectivity index (χ1n) is 11.6. The maximum atomic E-state index is 13.2. The monoisotopic (exact) mass is 510 g/mol. The minimum Gasteiger partial charge on any atom is -0.508 e. The van der Waals surface area contributed by atoms with E-state index in [9.17, 15) is 29.4 Å². The van der Waals surface area contributed by atoms with Crippen LogP contribution >= 0.6 is 12.6 Å². The Morgan fingerprint density at radius 3 is 1.80 bits per heavy atom. The molecule has 35 heavy (non-hydrogen) atoms. The lowest BCUT2D eigenvalue weighted by Crippen LogP contribution is -2.58. The molecule has 11 heteroatoms. The number of aromatic hydroxyl groups is 1. The van der Waals surface area contributed by atoms with Crippen LogP contribution in [0.3, 0.4) is 0 Å². The SMILES string of the molecule is CC(C)CC(N)C(=O)NC(CC(C)C)C(=O)NC(Cc1ccc(O)cc1)C(=O)NC(CS)C(=O)O. The zero-order valence-corrected chi connectivity index (χ0v) is 21.5. The lowest BCUT2D eigenvalue weighted by atomic mass is 9.99. The first-order valence-corrected chi connectivity index (χ1v) is 12.3. The summed E-state index contributed by atoms with van der Waals surface area (Å²) >= 11 is 3.96. The Balaban J connectivity index is 3.11. The zero-order chi connectivity index (χ0) is 26.7. The number of benzene rings is 1. The second-order valence-electron chi connectivity index (χ2n) is 9.44. The number of amides is 3. The molecule has 3 amide bonds. The van der Waals surface area contributed by atoms with Crippen molar-refractivity contribution in [3.05, 3.63) is 29.8 Å². The number of nitrogens with one attached hydrogen (secondary N) is 3. The fourth-order valence-electron chi connectivity index (χ4n) is 3.40. The minimum atomic E-state index is -1.26. The molecule has 0 radical (unpaired) electrons. The summed E-state index contributed by atoms with van der Waals surface area (Å²) in [5, 5.41) is 26.5. The normalized spacial score (nSPS) is 14.6. The van der Waals surface area contributed by atoms with Crippen LogP contribution in [0.2, 0.25) is 0 Å². The summed E-state index contributed by atoms with van der Waals surface area (Å²) in [6, 6.07) is 1.97. The van der Waals surface area contributed by atoms with E-state index >= 15 is 0 Å². The molecule has 0 fully saturated rings. The van der Waals surface area contributed by atoms with E-state index in [-0.39, 0.29) is 29.8 Å². The Morgan fingerprint density at radius 2 is 1.31 bits per heavy atom. The molecular weight excluding hydrogens is 472 g/mol. The quantitative estimate of drug-likeness (QED) is 0.182. The third-order valence-corrected chi connectivity index (χ3v) is 5.57. The fourth-order valence-corrected chi connectivity index (χ4v) is 3.65. The molecule has 4 unspecified atom stereocenters. The summed E-state index contributed by atoms with van der Waals surface area (Å²) < 4.78 is 0. The van der Waals surface area contributed by atoms with Crippen molar-refractivity contribution in [1.82, 2.24) is 16.0 Å². The van der Waals surface area contributed by atoms with Crippen molar-refractivity contribution in [2.45, 2.75) is 71.1 Å². The van der Waals surface area contributed by atoms with Gasteiger partial charge in [-0.15, -0.1) is 0 Å². The summed E-state index contributed by atoms with van der Waals surface area (Å²) in [5.41, 5.74) is 6.60. The highest BCUT2D eigenvalue weighted by Crippen LogP contribution is 2.13. The highest BCUT2D eigenvalue weighted by molar-refractivity contribution is 7.80. The van der Waals surface area contributed by atoms with E-state index in [1.54, 1.807) is 12.1 Å². The van der Waals surface area contributed by atoms with Crippen LogP contribution in [-0.4, -0.2) is 63.8 Å². The molecule has 0 heterocycles. The third-order valence-electron chi connectivity index (χ3n) is 5.21. The van der Waals surface area contributed by atoms with Gasteiger partial charge in [-0.25, -0.2) is 4.79 Å². The number of thiol groups is 1. The number of carbonyl (C=O) groups is 4. The smallest absolute Gasteiger partial charge is 0.327 e. The van der Waals surface area contributed by atoms with Crippen LogP contribution in [-0.2, 0) is 25.6 Å². The number of carboxylic acid groups (broad SMARTS) is 1. The van der Waals surface area contributed by atoms with Gasteiger partial charge in [0, 0.05) is 12.2 Å². The number of hydrogen-bond acceptors (Lipinski definition) is 7. The molecule has 196 valence electrons. The molecule has 0 saturated carbocycles. The average molecular weight is 511 g/mol. The predicted molar refractivity (Wildman–Crippen MR) is 136 cm³/mol. The molecule has 10 nitrogen and oxygen atoms in total. The van der Waals surface area contributed by atoms with Crippen molar-refractivity contribution in [1.29, 1.82) is 0 Å². The van der Waals surface area contributed by atoms with Crippen molar-refractivity contribution >= 4 is 36.3 Å². The number of carbonyl (C=O) groups excluding carboxylic acids is 3. The Labute approximate surface area is 211 Å². The van der Waals surface area contributed by atoms with Gasteiger partial charge in [0.15, 0.2) is 0 Å². The van der Waals surface area contributed by atoms with Crippen molar-refractivity contribution in [2.75, 3.05) is 5.75 Å². The van der Waals surface area contributed by atoms with E-state index in [0.29, 0.717) is 18.4 Å². The van der Waals surface area contributed by atoms with Gasteiger partial charge in [0.25, 0.3) is 0 Å². The van der Waals surface area contributed by atoms with Crippen LogP contribution in [0.5, 0.6) is 5.75 Å². The van der Waals surface area contributed by atoms with Crippen LogP contribution in [0.15, 0.2) is 24.3 Å². The molecule has 4 atom stereocenters. The number of phenols is 1. The zero-order valence-electron chi connectivity index (χ0n) is 20.7. The van der Waals surface area contributed by atoms with Gasteiger partial charge in [0.05, 0.1) is 6.04 Å². The maximum Gasteiger partial charge on any atom is 0.327 e. The van der Waals surface area contributed by atoms with E-state index in [1.165, 1.54) is 12.1 Å². The lowest BCUT2D eigenvalue weighted by molar-refractivity contribution is -0.141. The second-order valence-corrected chi connectivity index (χ2v) is 9.81. The van der Waals surface area contributed by atoms with Gasteiger partial charge in [-0.1, -0.05) is 39.8 Å². The van der Waals surface area contributed by atoms with E-state index in [2.05, 4.69) is 28.6 Å². The number of phenolic OH excluding ortho intramolecular Hbond substituents is 1. The van der Waals surface area contributed by atoms with E-state index < -0.39 is 47.9 Å². The first kappa shape index (κ1) is 30.2. The van der Waals surface area contributed by atoms with Crippen LogP contribution in [0.4, 0.5) is 0 Å². The van der Waals surface area contributed by atoms with Gasteiger partial charge in [-0.2, -0.15) is 12.6 Å². The molecule has 0 aliphatic rings. The lowest BCUT2D eigenvalue weighted by Gasteiger charge is -2.26. The number of carboxylic acids is 1. The Kier molecular flexibility index (Phi) is 12.6. The van der Waals surface area contributed by atoms with Gasteiger partial charge >= 0.3 is 5.97 Å². The molecule has 1 rings (SSSR count). The Hall–Kier alpha value is -2.79. The predicted octanol–water partition coefficient (Wildman–Crippen LogP) is 0.823. The molecule has 0 bridgehead atoms. The highest BCUT2D eigenvalue weighted by atomic mass is 32.1. The summed E-state index contributed by atoms with van der Waals surface area (Å²) in [4.78, 5) is 50.1. The fraction of sp³-hybridized carbons (Fsp3) is 0.583. The molecule has 0 aromatic heterocycles. The summed E-state index contributed by atoms with van der Waals surface area (Å²) in [6.45, 7) is 7.66. The summed E-state index contributed by atoms with van der Waals surface area (Å²) in [7, 11) is 0. The molecule has 0 aliphatic heterocycles. The largest absolute Gasteiger partial charge is 0.508 e. The number of nitrogens with two attached hydrogens (primary N) is 1. The summed E-state index contributed by atoms with van der Waals surface area (Å²) in [5.74, 6) is -2.86. The van der Waals surface area contributed by atoms with E-state index in [0.717, 1.165) is 0 Å². The number of rotatable bonds is 14. The second kappa shape index (κ2) is 14.6. The molecule has 0 spiro atoms. The van der Waals surface area contributed by atoms with Gasteiger partial charge < -0.3 is 31.9 Å². The topological polar surface area (TPSA) is 171 Å². The first-order chi connectivity index (χ1) is 16.3. The maximum absolute atomic E-state index is 13.2. The van der Waals surface area contributed by atoms with Crippen LogP contribution in [0, 0.1) is 11.8 Å². The van der Waals surface area contributed by atoms with Crippen LogP contribution < -0.4 is 21.7 Å². The molecule has 1 aromatic carbocycles. The Bertz CT molecular complexity index is 862. The number of aliphatic carboxylic acids is 1. The van der Waals surface area contributed by atoms with Crippen LogP contribution in [0.25, 0.3) is 0 Å². The van der Waals surface area contributed by atoms with Crippen molar-refractivity contribution in [2.24, 2.45) is 17.6 Å². The Morgan fingerprint density at radius 1 is 0.829 bits per heavy atom. The molecule has 0 aliphatic carbocycles.